The second kappa shape index (κ2) is 10.0. The fourth-order valence-corrected chi connectivity index (χ4v) is 5.10. The number of nitriles is 1. The summed E-state index contributed by atoms with van der Waals surface area (Å²) in [7, 11) is 6.15. The lowest BCUT2D eigenvalue weighted by Gasteiger charge is -2.35. The van der Waals surface area contributed by atoms with Gasteiger partial charge < -0.3 is 19.6 Å². The molecule has 2 aliphatic rings. The second-order valence-corrected chi connectivity index (χ2v) is 9.74. The minimum atomic E-state index is -0.0109. The topological polar surface area (TPSA) is 53.8 Å². The summed E-state index contributed by atoms with van der Waals surface area (Å²) in [5.41, 5.74) is 3.63. The molecule has 2 aliphatic heterocycles. The van der Waals surface area contributed by atoms with Crippen LogP contribution in [0.2, 0.25) is 5.02 Å². The number of hydrogen-bond donors (Lipinski definition) is 0. The first-order valence-electron chi connectivity index (χ1n) is 11.6. The number of anilines is 3. The van der Waals surface area contributed by atoms with Gasteiger partial charge in [0.05, 0.1) is 11.3 Å². The average molecular weight is 466 g/mol. The van der Waals surface area contributed by atoms with Crippen molar-refractivity contribution in [3.8, 4) is 6.07 Å². The highest BCUT2D eigenvalue weighted by atomic mass is 35.5. The van der Waals surface area contributed by atoms with E-state index < -0.39 is 0 Å². The van der Waals surface area contributed by atoms with Gasteiger partial charge in [0.2, 0.25) is 5.91 Å². The van der Waals surface area contributed by atoms with Crippen molar-refractivity contribution < 1.29 is 4.79 Å². The molecule has 1 amide bonds. The third-order valence-electron chi connectivity index (χ3n) is 7.09. The van der Waals surface area contributed by atoms with Crippen LogP contribution in [0.15, 0.2) is 42.5 Å². The second-order valence-electron chi connectivity index (χ2n) is 9.30. The molecule has 0 saturated carbocycles. The van der Waals surface area contributed by atoms with Crippen LogP contribution in [0, 0.1) is 17.2 Å². The fourth-order valence-electron chi connectivity index (χ4n) is 4.93. The number of hydrogen-bond acceptors (Lipinski definition) is 5. The van der Waals surface area contributed by atoms with Crippen molar-refractivity contribution >= 4 is 34.6 Å². The lowest BCUT2D eigenvalue weighted by atomic mass is 9.94. The highest BCUT2D eigenvalue weighted by Gasteiger charge is 2.29. The molecule has 2 saturated heterocycles. The van der Waals surface area contributed by atoms with Gasteiger partial charge in [0, 0.05) is 61.6 Å². The number of carbonyl (C=O) groups is 1. The van der Waals surface area contributed by atoms with E-state index in [9.17, 15) is 10.1 Å². The van der Waals surface area contributed by atoms with E-state index in [1.165, 1.54) is 12.1 Å². The first-order valence-corrected chi connectivity index (χ1v) is 12.0. The number of carbonyl (C=O) groups excluding carboxylic acids is 1. The van der Waals surface area contributed by atoms with Crippen molar-refractivity contribution in [2.45, 2.75) is 25.3 Å². The summed E-state index contributed by atoms with van der Waals surface area (Å²) in [5, 5.41) is 10.0. The zero-order valence-corrected chi connectivity index (χ0v) is 20.4. The Balaban J connectivity index is 1.35. The summed E-state index contributed by atoms with van der Waals surface area (Å²) >= 11 is 6.03. The molecule has 0 N–H and O–H groups in total. The highest BCUT2D eigenvalue weighted by molar-refractivity contribution is 6.30. The molecule has 0 bridgehead atoms. The van der Waals surface area contributed by atoms with Crippen molar-refractivity contribution in [3.05, 3.63) is 53.1 Å². The Hall–Kier alpha value is -2.75. The van der Waals surface area contributed by atoms with Crippen molar-refractivity contribution in [3.63, 3.8) is 0 Å². The van der Waals surface area contributed by atoms with Gasteiger partial charge in [0.25, 0.3) is 0 Å². The Morgan fingerprint density at radius 3 is 2.27 bits per heavy atom. The number of likely N-dealkylation sites (N-methyl/N-ethyl adjacent to an activating group) is 1. The van der Waals surface area contributed by atoms with Crippen LogP contribution in [0.4, 0.5) is 17.1 Å². The Morgan fingerprint density at radius 1 is 1.00 bits per heavy atom. The Morgan fingerprint density at radius 2 is 1.67 bits per heavy atom. The van der Waals surface area contributed by atoms with Gasteiger partial charge in [-0.3, -0.25) is 4.79 Å². The molecule has 0 aliphatic carbocycles. The van der Waals surface area contributed by atoms with Crippen LogP contribution in [-0.2, 0) is 4.79 Å². The third kappa shape index (κ3) is 5.10. The molecular weight excluding hydrogens is 434 g/mol. The maximum atomic E-state index is 13.2. The van der Waals surface area contributed by atoms with Crippen molar-refractivity contribution in [1.82, 2.24) is 4.90 Å². The molecule has 1 atom stereocenters. The fraction of sp³-hybridized carbons (Fsp3) is 0.462. The Labute approximate surface area is 201 Å². The number of benzene rings is 2. The molecule has 2 aromatic rings. The first-order chi connectivity index (χ1) is 15.9. The van der Waals surface area contributed by atoms with E-state index in [0.717, 1.165) is 50.4 Å². The summed E-state index contributed by atoms with van der Waals surface area (Å²) < 4.78 is 0. The Bertz CT molecular complexity index is 1020. The monoisotopic (exact) mass is 465 g/mol. The zero-order chi connectivity index (χ0) is 23.5. The van der Waals surface area contributed by atoms with Crippen LogP contribution in [0.1, 0.15) is 24.8 Å². The number of amides is 1. The van der Waals surface area contributed by atoms with Gasteiger partial charge in [0.15, 0.2) is 0 Å². The lowest BCUT2D eigenvalue weighted by molar-refractivity contribution is -0.122. The van der Waals surface area contributed by atoms with E-state index >= 15 is 0 Å². The Kier molecular flexibility index (Phi) is 7.11. The van der Waals surface area contributed by atoms with Crippen molar-refractivity contribution in [2.75, 3.05) is 62.0 Å². The quantitative estimate of drug-likeness (QED) is 0.661. The number of piperidine rings is 1. The first kappa shape index (κ1) is 23.4. The van der Waals surface area contributed by atoms with E-state index in [0.29, 0.717) is 16.6 Å². The van der Waals surface area contributed by atoms with E-state index in [2.05, 4.69) is 59.1 Å². The summed E-state index contributed by atoms with van der Waals surface area (Å²) in [6, 6.07) is 16.6. The molecule has 6 nitrogen and oxygen atoms in total. The van der Waals surface area contributed by atoms with Gasteiger partial charge in [0.1, 0.15) is 6.07 Å². The smallest absolute Gasteiger partial charge is 0.229 e. The van der Waals surface area contributed by atoms with Crippen molar-refractivity contribution in [2.24, 2.45) is 5.92 Å². The van der Waals surface area contributed by atoms with Gasteiger partial charge in [-0.25, -0.2) is 0 Å². The lowest BCUT2D eigenvalue weighted by Crippen LogP contribution is -2.41. The van der Waals surface area contributed by atoms with Gasteiger partial charge in [-0.2, -0.15) is 5.26 Å². The molecule has 4 rings (SSSR count). The summed E-state index contributed by atoms with van der Waals surface area (Å²) in [6.45, 7) is 3.61. The minimum Gasteiger partial charge on any atom is -0.370 e. The van der Waals surface area contributed by atoms with E-state index in [1.807, 2.05) is 19.2 Å². The number of halogens is 1. The van der Waals surface area contributed by atoms with Gasteiger partial charge in [-0.15, -0.1) is 0 Å². The largest absolute Gasteiger partial charge is 0.370 e. The highest BCUT2D eigenvalue weighted by Crippen LogP contribution is 2.30. The van der Waals surface area contributed by atoms with Gasteiger partial charge in [-0.1, -0.05) is 11.6 Å². The van der Waals surface area contributed by atoms with Gasteiger partial charge in [-0.05, 0) is 75.8 Å². The minimum absolute atomic E-state index is 0.0109. The zero-order valence-electron chi connectivity index (χ0n) is 19.7. The average Bonchev–Trinajstić information content (AvgIpc) is 3.34. The maximum Gasteiger partial charge on any atom is 0.229 e. The maximum absolute atomic E-state index is 13.2. The molecule has 7 heteroatoms. The SMILES string of the molecule is CN(C(=O)C1CCN(c2ccc(Cl)cc2C#N)CC1)c1ccc(N2CCC(N(C)C)C2)cc1. The van der Waals surface area contributed by atoms with E-state index in [1.54, 1.807) is 11.0 Å². The molecule has 0 radical (unpaired) electrons. The summed E-state index contributed by atoms with van der Waals surface area (Å²) in [4.78, 5) is 21.9. The molecule has 174 valence electrons. The van der Waals surface area contributed by atoms with Crippen LogP contribution in [0.5, 0.6) is 0 Å². The molecule has 2 heterocycles. The van der Waals surface area contributed by atoms with Crippen molar-refractivity contribution in [1.29, 1.82) is 5.26 Å². The van der Waals surface area contributed by atoms with Crippen LogP contribution in [0.25, 0.3) is 0 Å². The standard InChI is InChI=1S/C26H32ClN5O/c1-29(2)24-12-15-32(18-24)23-7-5-22(6-8-23)30(3)26(33)19-10-13-31(14-11-19)25-9-4-21(27)16-20(25)17-28/h4-9,16,19,24H,10-15,18H2,1-3H3. The van der Waals surface area contributed by atoms with Crippen LogP contribution < -0.4 is 14.7 Å². The molecule has 2 aromatic carbocycles. The predicted octanol–water partition coefficient (Wildman–Crippen LogP) is 4.23. The molecular formula is C26H32ClN5O. The molecule has 0 spiro atoms. The molecule has 1 unspecified atom stereocenters. The molecule has 33 heavy (non-hydrogen) atoms. The molecule has 0 aromatic heterocycles. The van der Waals surface area contributed by atoms with Crippen LogP contribution >= 0.6 is 11.6 Å². The van der Waals surface area contributed by atoms with Gasteiger partial charge >= 0.3 is 0 Å². The number of rotatable bonds is 5. The van der Waals surface area contributed by atoms with E-state index in [4.69, 9.17) is 11.6 Å². The summed E-state index contributed by atoms with van der Waals surface area (Å²) in [6.07, 6.45) is 2.72. The number of nitrogens with zero attached hydrogens (tertiary/aromatic N) is 5. The van der Waals surface area contributed by atoms with Crippen LogP contribution in [0.3, 0.4) is 0 Å². The normalized spacial score (nSPS) is 19.1. The van der Waals surface area contributed by atoms with Crippen LogP contribution in [-0.4, -0.2) is 64.2 Å². The third-order valence-corrected chi connectivity index (χ3v) is 7.33. The predicted molar refractivity (Wildman–Crippen MR) is 135 cm³/mol. The van der Waals surface area contributed by atoms with E-state index in [-0.39, 0.29) is 11.8 Å². The summed E-state index contributed by atoms with van der Waals surface area (Å²) in [5.74, 6) is 0.149. The molecule has 2 fully saturated rings.